The van der Waals surface area contributed by atoms with Gasteiger partial charge in [0.15, 0.2) is 0 Å². The highest BCUT2D eigenvalue weighted by Gasteiger charge is 2.42. The molecule has 2 heterocycles. The summed E-state index contributed by atoms with van der Waals surface area (Å²) in [6, 6.07) is 5.28. The monoisotopic (exact) mass is 358 g/mol. The maximum atomic E-state index is 12.7. The number of carbonyl (C=O) groups excluding carboxylic acids is 2. The second-order valence-electron chi connectivity index (χ2n) is 7.64. The summed E-state index contributed by atoms with van der Waals surface area (Å²) in [7, 11) is 1.60. The van der Waals surface area contributed by atoms with Crippen molar-refractivity contribution in [2.24, 2.45) is 5.92 Å². The lowest BCUT2D eigenvalue weighted by molar-refractivity contribution is -0.138. The topological polar surface area (TPSA) is 67.9 Å². The number of benzene rings is 1. The first-order valence-corrected chi connectivity index (χ1v) is 9.54. The molecule has 0 aromatic heterocycles. The van der Waals surface area contributed by atoms with Crippen LogP contribution in [0.15, 0.2) is 18.2 Å². The number of nitrogens with zero attached hydrogens (tertiary/aromatic N) is 1. The minimum atomic E-state index is -0.459. The average molecular weight is 358 g/mol. The highest BCUT2D eigenvalue weighted by atomic mass is 16.5. The molecule has 6 heteroatoms. The summed E-state index contributed by atoms with van der Waals surface area (Å²) in [4.78, 5) is 27.0. The molecule has 1 aromatic rings. The molecular formula is C20H26N2O4. The molecule has 2 fully saturated rings. The van der Waals surface area contributed by atoms with Gasteiger partial charge in [0.05, 0.1) is 19.2 Å². The van der Waals surface area contributed by atoms with Crippen molar-refractivity contribution in [2.45, 2.75) is 44.1 Å². The van der Waals surface area contributed by atoms with Gasteiger partial charge in [-0.15, -0.1) is 0 Å². The summed E-state index contributed by atoms with van der Waals surface area (Å²) in [6.07, 6.45) is 5.84. The number of piperidine rings is 1. The molecule has 3 aliphatic rings. The lowest BCUT2D eigenvalue weighted by Crippen LogP contribution is -2.54. The van der Waals surface area contributed by atoms with Crippen LogP contribution in [-0.2, 0) is 4.79 Å². The minimum absolute atomic E-state index is 0.121. The fourth-order valence-electron chi connectivity index (χ4n) is 4.35. The van der Waals surface area contributed by atoms with E-state index in [1.807, 2.05) is 4.90 Å². The van der Waals surface area contributed by atoms with Crippen LogP contribution < -0.4 is 14.8 Å². The molecule has 6 nitrogen and oxygen atoms in total. The van der Waals surface area contributed by atoms with Crippen LogP contribution in [0.5, 0.6) is 11.5 Å². The van der Waals surface area contributed by atoms with Crippen LogP contribution >= 0.6 is 0 Å². The van der Waals surface area contributed by atoms with Crippen molar-refractivity contribution in [3.63, 3.8) is 0 Å². The number of rotatable bonds is 2. The SMILES string of the molecule is COc1ccc2c(c1)OC1(CCN(C(=O)C3CCCC3)CC1)CNC2=O. The number of ether oxygens (including phenoxy) is 2. The van der Waals surface area contributed by atoms with E-state index in [0.717, 1.165) is 25.7 Å². The number of amides is 2. The van der Waals surface area contributed by atoms with Gasteiger partial charge >= 0.3 is 0 Å². The van der Waals surface area contributed by atoms with Gasteiger partial charge in [-0.05, 0) is 25.0 Å². The molecule has 1 saturated carbocycles. The number of methoxy groups -OCH3 is 1. The van der Waals surface area contributed by atoms with Gasteiger partial charge in [0.25, 0.3) is 5.91 Å². The molecule has 2 amide bonds. The number of likely N-dealkylation sites (tertiary alicyclic amines) is 1. The van der Waals surface area contributed by atoms with Crippen LogP contribution in [0.2, 0.25) is 0 Å². The maximum absolute atomic E-state index is 12.7. The van der Waals surface area contributed by atoms with E-state index in [-0.39, 0.29) is 11.8 Å². The zero-order valence-corrected chi connectivity index (χ0v) is 15.3. The fourth-order valence-corrected chi connectivity index (χ4v) is 4.35. The molecule has 1 saturated heterocycles. The summed E-state index contributed by atoms with van der Waals surface area (Å²) in [5.74, 6) is 1.63. The Labute approximate surface area is 153 Å². The van der Waals surface area contributed by atoms with Crippen LogP contribution in [0, 0.1) is 5.92 Å². The van der Waals surface area contributed by atoms with Gasteiger partial charge < -0.3 is 19.7 Å². The van der Waals surface area contributed by atoms with Gasteiger partial charge in [0.2, 0.25) is 5.91 Å². The summed E-state index contributed by atoms with van der Waals surface area (Å²) in [6.45, 7) is 1.84. The Hall–Kier alpha value is -2.24. The maximum Gasteiger partial charge on any atom is 0.255 e. The predicted molar refractivity (Wildman–Crippen MR) is 96.5 cm³/mol. The van der Waals surface area contributed by atoms with E-state index in [4.69, 9.17) is 9.47 Å². The normalized spacial score (nSPS) is 22.3. The quantitative estimate of drug-likeness (QED) is 0.881. The standard InChI is InChI=1S/C20H26N2O4/c1-25-15-6-7-16-17(12-15)26-20(13-21-18(16)23)8-10-22(11-9-20)19(24)14-4-2-3-5-14/h6-7,12,14H,2-5,8-11,13H2,1H3,(H,21,23). The third-order valence-corrected chi connectivity index (χ3v) is 6.02. The fraction of sp³-hybridized carbons (Fsp3) is 0.600. The molecule has 2 aliphatic heterocycles. The molecular weight excluding hydrogens is 332 g/mol. The molecule has 1 aliphatic carbocycles. The van der Waals surface area contributed by atoms with Crippen LogP contribution in [0.4, 0.5) is 0 Å². The zero-order valence-electron chi connectivity index (χ0n) is 15.3. The average Bonchev–Trinajstić information content (AvgIpc) is 3.17. The minimum Gasteiger partial charge on any atom is -0.497 e. The molecule has 26 heavy (non-hydrogen) atoms. The van der Waals surface area contributed by atoms with Gasteiger partial charge in [0.1, 0.15) is 17.1 Å². The second kappa shape index (κ2) is 6.82. The third kappa shape index (κ3) is 3.13. The highest BCUT2D eigenvalue weighted by Crippen LogP contribution is 2.36. The van der Waals surface area contributed by atoms with Crippen LogP contribution in [0.3, 0.4) is 0 Å². The largest absolute Gasteiger partial charge is 0.497 e. The van der Waals surface area contributed by atoms with Crippen molar-refractivity contribution in [1.29, 1.82) is 0 Å². The number of hydrogen-bond acceptors (Lipinski definition) is 4. The van der Waals surface area contributed by atoms with Crippen LogP contribution in [0.25, 0.3) is 0 Å². The van der Waals surface area contributed by atoms with Crippen molar-refractivity contribution in [2.75, 3.05) is 26.7 Å². The summed E-state index contributed by atoms with van der Waals surface area (Å²) < 4.78 is 11.6. The van der Waals surface area contributed by atoms with Gasteiger partial charge in [-0.25, -0.2) is 0 Å². The third-order valence-electron chi connectivity index (χ3n) is 6.02. The van der Waals surface area contributed by atoms with E-state index in [0.29, 0.717) is 42.6 Å². The van der Waals surface area contributed by atoms with Crippen molar-refractivity contribution in [3.8, 4) is 11.5 Å². The summed E-state index contributed by atoms with van der Waals surface area (Å²) >= 11 is 0. The van der Waals surface area contributed by atoms with E-state index >= 15 is 0 Å². The van der Waals surface area contributed by atoms with E-state index in [1.54, 1.807) is 25.3 Å². The molecule has 0 bridgehead atoms. The smallest absolute Gasteiger partial charge is 0.255 e. The van der Waals surface area contributed by atoms with Gasteiger partial charge in [0, 0.05) is 37.9 Å². The Bertz CT molecular complexity index is 704. The Morgan fingerprint density at radius 3 is 2.69 bits per heavy atom. The predicted octanol–water partition coefficient (Wildman–Crippen LogP) is 2.37. The Morgan fingerprint density at radius 1 is 1.27 bits per heavy atom. The Morgan fingerprint density at radius 2 is 2.00 bits per heavy atom. The zero-order chi connectivity index (χ0) is 18.1. The highest BCUT2D eigenvalue weighted by molar-refractivity contribution is 5.97. The lowest BCUT2D eigenvalue weighted by atomic mass is 9.90. The Balaban J connectivity index is 1.49. The molecule has 1 aromatic carbocycles. The molecule has 0 unspecified atom stereocenters. The van der Waals surface area contributed by atoms with Crippen molar-refractivity contribution in [3.05, 3.63) is 23.8 Å². The second-order valence-corrected chi connectivity index (χ2v) is 7.64. The molecule has 1 N–H and O–H groups in total. The van der Waals surface area contributed by atoms with Crippen LogP contribution in [-0.4, -0.2) is 49.1 Å². The van der Waals surface area contributed by atoms with Gasteiger partial charge in [-0.2, -0.15) is 0 Å². The first-order valence-electron chi connectivity index (χ1n) is 9.54. The number of nitrogens with one attached hydrogen (secondary N) is 1. The van der Waals surface area contributed by atoms with Crippen molar-refractivity contribution >= 4 is 11.8 Å². The summed E-state index contributed by atoms with van der Waals surface area (Å²) in [5.41, 5.74) is 0.0758. The first kappa shape index (κ1) is 17.2. The molecule has 0 atom stereocenters. The van der Waals surface area contributed by atoms with Crippen molar-refractivity contribution in [1.82, 2.24) is 10.2 Å². The molecule has 4 rings (SSSR count). The van der Waals surface area contributed by atoms with Crippen LogP contribution in [0.1, 0.15) is 48.9 Å². The van der Waals surface area contributed by atoms with Gasteiger partial charge in [-0.1, -0.05) is 12.8 Å². The van der Waals surface area contributed by atoms with Crippen molar-refractivity contribution < 1.29 is 19.1 Å². The van der Waals surface area contributed by atoms with E-state index in [2.05, 4.69) is 5.32 Å². The lowest BCUT2D eigenvalue weighted by Gasteiger charge is -2.41. The molecule has 140 valence electrons. The number of fused-ring (bicyclic) bond motifs is 1. The van der Waals surface area contributed by atoms with Gasteiger partial charge in [-0.3, -0.25) is 9.59 Å². The molecule has 0 radical (unpaired) electrons. The number of carbonyl (C=O) groups is 2. The van der Waals surface area contributed by atoms with E-state index < -0.39 is 5.60 Å². The Kier molecular flexibility index (Phi) is 4.51. The molecule has 1 spiro atoms. The summed E-state index contributed by atoms with van der Waals surface area (Å²) in [5, 5.41) is 2.99. The first-order chi connectivity index (χ1) is 12.6. The van der Waals surface area contributed by atoms with E-state index in [9.17, 15) is 9.59 Å². The van der Waals surface area contributed by atoms with E-state index in [1.165, 1.54) is 12.8 Å². The number of hydrogen-bond donors (Lipinski definition) is 1.